The van der Waals surface area contributed by atoms with Gasteiger partial charge in [-0.1, -0.05) is 29.8 Å². The fourth-order valence-electron chi connectivity index (χ4n) is 2.41. The van der Waals surface area contributed by atoms with Gasteiger partial charge in [0.2, 0.25) is 0 Å². The molecule has 0 aliphatic rings. The van der Waals surface area contributed by atoms with Gasteiger partial charge < -0.3 is 5.32 Å². The molecule has 0 aliphatic carbocycles. The number of rotatable bonds is 4. The highest BCUT2D eigenvalue weighted by atomic mass is 19.2. The highest BCUT2D eigenvalue weighted by Crippen LogP contribution is 2.23. The van der Waals surface area contributed by atoms with Crippen LogP contribution in [0.1, 0.15) is 28.3 Å². The van der Waals surface area contributed by atoms with Crippen LogP contribution in [0.3, 0.4) is 0 Å². The van der Waals surface area contributed by atoms with Gasteiger partial charge in [0.1, 0.15) is 0 Å². The predicted octanol–water partition coefficient (Wildman–Crippen LogP) is 4.08. The Morgan fingerprint density at radius 3 is 2.40 bits per heavy atom. The molecule has 1 unspecified atom stereocenters. The van der Waals surface area contributed by atoms with Gasteiger partial charge in [-0.25, -0.2) is 8.78 Å². The predicted molar refractivity (Wildman–Crippen MR) is 77.8 cm³/mol. The number of likely N-dealkylation sites (N-methyl/N-ethyl adjacent to an activating group) is 1. The second kappa shape index (κ2) is 6.14. The van der Waals surface area contributed by atoms with Crippen molar-refractivity contribution in [2.75, 3.05) is 7.05 Å². The Bertz CT molecular complexity index is 608. The highest BCUT2D eigenvalue weighted by Gasteiger charge is 2.14. The van der Waals surface area contributed by atoms with E-state index in [-0.39, 0.29) is 6.04 Å². The first-order valence-electron chi connectivity index (χ1n) is 6.69. The zero-order valence-corrected chi connectivity index (χ0v) is 12.0. The average molecular weight is 275 g/mol. The van der Waals surface area contributed by atoms with Crippen LogP contribution < -0.4 is 5.32 Å². The second-order valence-corrected chi connectivity index (χ2v) is 5.15. The smallest absolute Gasteiger partial charge is 0.159 e. The molecule has 0 amide bonds. The number of benzene rings is 2. The molecule has 3 heteroatoms. The Balaban J connectivity index is 2.28. The standard InChI is InChI=1S/C17H19F2N/c1-11-4-5-12(2)14(8-11)17(20-3)10-13-6-7-15(18)16(19)9-13/h4-9,17,20H,10H2,1-3H3. The third kappa shape index (κ3) is 3.23. The van der Waals surface area contributed by atoms with E-state index in [0.717, 1.165) is 5.56 Å². The minimum Gasteiger partial charge on any atom is -0.313 e. The molecule has 0 aliphatic heterocycles. The van der Waals surface area contributed by atoms with E-state index in [2.05, 4.69) is 30.4 Å². The second-order valence-electron chi connectivity index (χ2n) is 5.15. The molecule has 0 saturated carbocycles. The minimum absolute atomic E-state index is 0.0831. The van der Waals surface area contributed by atoms with Crippen molar-refractivity contribution in [2.24, 2.45) is 0 Å². The summed E-state index contributed by atoms with van der Waals surface area (Å²) >= 11 is 0. The van der Waals surface area contributed by atoms with E-state index < -0.39 is 11.6 Å². The molecule has 2 aromatic rings. The molecule has 0 bridgehead atoms. The molecule has 1 N–H and O–H groups in total. The van der Waals surface area contributed by atoms with E-state index in [0.29, 0.717) is 6.42 Å². The van der Waals surface area contributed by atoms with Crippen molar-refractivity contribution in [1.29, 1.82) is 0 Å². The number of hydrogen-bond donors (Lipinski definition) is 1. The lowest BCUT2D eigenvalue weighted by molar-refractivity contribution is 0.504. The summed E-state index contributed by atoms with van der Waals surface area (Å²) in [6.07, 6.45) is 0.623. The summed E-state index contributed by atoms with van der Waals surface area (Å²) < 4.78 is 26.3. The zero-order valence-electron chi connectivity index (χ0n) is 12.0. The monoisotopic (exact) mass is 275 g/mol. The van der Waals surface area contributed by atoms with Gasteiger partial charge in [0.05, 0.1) is 0 Å². The molecule has 0 saturated heterocycles. The van der Waals surface area contributed by atoms with Gasteiger partial charge in [0, 0.05) is 6.04 Å². The maximum atomic E-state index is 13.3. The van der Waals surface area contributed by atoms with E-state index in [1.54, 1.807) is 6.07 Å². The molecule has 0 heterocycles. The van der Waals surface area contributed by atoms with Crippen LogP contribution >= 0.6 is 0 Å². The lowest BCUT2D eigenvalue weighted by atomic mass is 9.94. The molecule has 1 atom stereocenters. The summed E-state index contributed by atoms with van der Waals surface area (Å²) in [5.74, 6) is -1.60. The van der Waals surface area contributed by atoms with E-state index in [4.69, 9.17) is 0 Å². The van der Waals surface area contributed by atoms with E-state index >= 15 is 0 Å². The Labute approximate surface area is 118 Å². The molecular weight excluding hydrogens is 256 g/mol. The normalized spacial score (nSPS) is 12.4. The van der Waals surface area contributed by atoms with Gasteiger partial charge in [-0.2, -0.15) is 0 Å². The van der Waals surface area contributed by atoms with Gasteiger partial charge in [-0.15, -0.1) is 0 Å². The van der Waals surface area contributed by atoms with Gasteiger partial charge in [0.15, 0.2) is 11.6 Å². The fraction of sp³-hybridized carbons (Fsp3) is 0.294. The van der Waals surface area contributed by atoms with E-state index in [9.17, 15) is 8.78 Å². The van der Waals surface area contributed by atoms with Crippen LogP contribution in [0, 0.1) is 25.5 Å². The van der Waals surface area contributed by atoms with Crippen molar-refractivity contribution in [2.45, 2.75) is 26.3 Å². The lowest BCUT2D eigenvalue weighted by Gasteiger charge is -2.20. The Morgan fingerprint density at radius 1 is 1.00 bits per heavy atom. The van der Waals surface area contributed by atoms with Gasteiger partial charge in [0.25, 0.3) is 0 Å². The first-order chi connectivity index (χ1) is 9.51. The number of aryl methyl sites for hydroxylation is 2. The van der Waals surface area contributed by atoms with Crippen LogP contribution in [0.4, 0.5) is 8.78 Å². The van der Waals surface area contributed by atoms with Crippen LogP contribution in [-0.2, 0) is 6.42 Å². The lowest BCUT2D eigenvalue weighted by Crippen LogP contribution is -2.20. The molecule has 0 aromatic heterocycles. The fourth-order valence-corrected chi connectivity index (χ4v) is 2.41. The Morgan fingerprint density at radius 2 is 1.75 bits per heavy atom. The molecule has 0 fully saturated rings. The number of nitrogens with one attached hydrogen (secondary N) is 1. The third-order valence-corrected chi connectivity index (χ3v) is 3.58. The van der Waals surface area contributed by atoms with Crippen LogP contribution in [-0.4, -0.2) is 7.05 Å². The van der Waals surface area contributed by atoms with Crippen molar-refractivity contribution < 1.29 is 8.78 Å². The van der Waals surface area contributed by atoms with Crippen LogP contribution in [0.15, 0.2) is 36.4 Å². The van der Waals surface area contributed by atoms with Crippen LogP contribution in [0.2, 0.25) is 0 Å². The van der Waals surface area contributed by atoms with Crippen LogP contribution in [0.25, 0.3) is 0 Å². The zero-order chi connectivity index (χ0) is 14.7. The van der Waals surface area contributed by atoms with Crippen molar-refractivity contribution in [1.82, 2.24) is 5.32 Å². The van der Waals surface area contributed by atoms with Gasteiger partial charge in [-0.05, 0) is 56.1 Å². The summed E-state index contributed by atoms with van der Waals surface area (Å²) in [6.45, 7) is 4.11. The Hall–Kier alpha value is -1.74. The number of halogens is 2. The van der Waals surface area contributed by atoms with Crippen molar-refractivity contribution >= 4 is 0 Å². The average Bonchev–Trinajstić information content (AvgIpc) is 2.43. The summed E-state index contributed by atoms with van der Waals surface area (Å²) in [5, 5.41) is 3.25. The molecular formula is C17H19F2N. The molecule has 106 valence electrons. The molecule has 2 aromatic carbocycles. The number of hydrogen-bond acceptors (Lipinski definition) is 1. The first-order valence-corrected chi connectivity index (χ1v) is 6.69. The molecule has 0 spiro atoms. The van der Waals surface area contributed by atoms with Crippen molar-refractivity contribution in [3.05, 3.63) is 70.3 Å². The molecule has 20 heavy (non-hydrogen) atoms. The maximum Gasteiger partial charge on any atom is 0.159 e. The molecule has 2 rings (SSSR count). The topological polar surface area (TPSA) is 12.0 Å². The highest BCUT2D eigenvalue weighted by molar-refractivity contribution is 5.34. The summed E-state index contributed by atoms with van der Waals surface area (Å²) in [6, 6.07) is 10.5. The minimum atomic E-state index is -0.804. The van der Waals surface area contributed by atoms with Gasteiger partial charge in [-0.3, -0.25) is 0 Å². The quantitative estimate of drug-likeness (QED) is 0.886. The summed E-state index contributed by atoms with van der Waals surface area (Å²) in [4.78, 5) is 0. The van der Waals surface area contributed by atoms with Crippen molar-refractivity contribution in [3.63, 3.8) is 0 Å². The third-order valence-electron chi connectivity index (χ3n) is 3.58. The van der Waals surface area contributed by atoms with Crippen molar-refractivity contribution in [3.8, 4) is 0 Å². The van der Waals surface area contributed by atoms with Gasteiger partial charge >= 0.3 is 0 Å². The summed E-state index contributed by atoms with van der Waals surface area (Å²) in [5.41, 5.74) is 4.36. The van der Waals surface area contributed by atoms with E-state index in [1.807, 2.05) is 14.0 Å². The largest absolute Gasteiger partial charge is 0.313 e. The van der Waals surface area contributed by atoms with E-state index in [1.165, 1.54) is 28.8 Å². The molecule has 0 radical (unpaired) electrons. The molecule has 1 nitrogen and oxygen atoms in total. The van der Waals surface area contributed by atoms with Crippen LogP contribution in [0.5, 0.6) is 0 Å². The maximum absolute atomic E-state index is 13.3. The SMILES string of the molecule is CNC(Cc1ccc(F)c(F)c1)c1cc(C)ccc1C. The Kier molecular flexibility index (Phi) is 4.50. The summed E-state index contributed by atoms with van der Waals surface area (Å²) in [7, 11) is 1.88. The first kappa shape index (κ1) is 14.7.